The molecule has 34 heavy (non-hydrogen) atoms. The van der Waals surface area contributed by atoms with E-state index in [1.165, 1.54) is 11.3 Å². The largest absolute Gasteiger partial charge is 0.405 e. The Morgan fingerprint density at radius 3 is 2.53 bits per heavy atom. The number of hydrogen-bond donors (Lipinski definition) is 3. The number of para-hydroxylation sites is 1. The first-order valence-corrected chi connectivity index (χ1v) is 12.5. The quantitative estimate of drug-likeness (QED) is 0.420. The molecule has 3 aliphatic carbocycles. The third-order valence-corrected chi connectivity index (χ3v) is 9.10. The first-order valence-electron chi connectivity index (χ1n) is 11.6. The number of nitrogens with zero attached hydrogens (tertiary/aromatic N) is 3. The molecule has 3 N–H and O–H groups in total. The molecule has 6 nitrogen and oxygen atoms in total. The summed E-state index contributed by atoms with van der Waals surface area (Å²) in [6.07, 6.45) is -1.16. The molecule has 0 saturated heterocycles. The van der Waals surface area contributed by atoms with Crippen LogP contribution in [0.4, 0.5) is 24.9 Å². The lowest BCUT2D eigenvalue weighted by atomic mass is 9.84. The number of aromatic nitrogens is 3. The number of fused-ring (bicyclic) bond motifs is 2. The van der Waals surface area contributed by atoms with Crippen molar-refractivity contribution in [3.63, 3.8) is 0 Å². The van der Waals surface area contributed by atoms with Gasteiger partial charge in [-0.2, -0.15) is 18.2 Å². The van der Waals surface area contributed by atoms with E-state index in [-0.39, 0.29) is 23.2 Å². The van der Waals surface area contributed by atoms with Gasteiger partial charge in [0.15, 0.2) is 0 Å². The summed E-state index contributed by atoms with van der Waals surface area (Å²) >= 11 is 1.53. The first-order chi connectivity index (χ1) is 16.1. The number of hydrogen-bond acceptors (Lipinski definition) is 7. The number of nitrogens with one attached hydrogen (secondary N) is 2. The Morgan fingerprint density at radius 2 is 1.88 bits per heavy atom. The van der Waals surface area contributed by atoms with E-state index >= 15 is 0 Å². The molecule has 180 valence electrons. The van der Waals surface area contributed by atoms with Crippen molar-refractivity contribution < 1.29 is 18.3 Å². The summed E-state index contributed by atoms with van der Waals surface area (Å²) in [6.45, 7) is 2.95. The number of benzene rings is 1. The highest BCUT2D eigenvalue weighted by atomic mass is 32.1. The predicted octanol–water partition coefficient (Wildman–Crippen LogP) is 5.57. The fourth-order valence-electron chi connectivity index (χ4n) is 5.61. The molecule has 0 amide bonds. The summed E-state index contributed by atoms with van der Waals surface area (Å²) in [7, 11) is 0. The highest BCUT2D eigenvalue weighted by Crippen LogP contribution is 2.68. The Bertz CT molecular complexity index is 1240. The second-order valence-electron chi connectivity index (χ2n) is 10.2. The van der Waals surface area contributed by atoms with Crippen LogP contribution in [0.15, 0.2) is 24.3 Å². The van der Waals surface area contributed by atoms with Crippen molar-refractivity contribution in [3.05, 3.63) is 30.0 Å². The Hall–Kier alpha value is -2.46. The van der Waals surface area contributed by atoms with Crippen LogP contribution in [0.25, 0.3) is 20.8 Å². The van der Waals surface area contributed by atoms with Crippen molar-refractivity contribution in [2.75, 3.05) is 17.2 Å². The second-order valence-corrected chi connectivity index (χ2v) is 11.2. The van der Waals surface area contributed by atoms with Gasteiger partial charge in [-0.05, 0) is 50.7 Å². The van der Waals surface area contributed by atoms with Gasteiger partial charge in [0.1, 0.15) is 17.4 Å². The average Bonchev–Trinajstić information content (AvgIpc) is 3.63. The molecule has 3 fully saturated rings. The molecule has 2 heterocycles. The van der Waals surface area contributed by atoms with Crippen LogP contribution >= 0.6 is 11.3 Å². The van der Waals surface area contributed by atoms with Crippen molar-refractivity contribution in [1.82, 2.24) is 15.0 Å². The van der Waals surface area contributed by atoms with Crippen LogP contribution < -0.4 is 10.6 Å². The van der Waals surface area contributed by atoms with Gasteiger partial charge in [-0.1, -0.05) is 19.1 Å². The Morgan fingerprint density at radius 1 is 1.12 bits per heavy atom. The number of rotatable bonds is 6. The number of anilines is 2. The molecule has 3 saturated carbocycles. The van der Waals surface area contributed by atoms with Crippen molar-refractivity contribution in [2.24, 2.45) is 11.3 Å². The van der Waals surface area contributed by atoms with Crippen LogP contribution in [0, 0.1) is 11.3 Å². The summed E-state index contributed by atoms with van der Waals surface area (Å²) < 4.78 is 39.9. The normalized spacial score (nSPS) is 30.4. The third-order valence-electron chi connectivity index (χ3n) is 8.05. The van der Waals surface area contributed by atoms with E-state index in [1.807, 2.05) is 24.3 Å². The smallest absolute Gasteiger partial charge is 0.392 e. The van der Waals surface area contributed by atoms with E-state index < -0.39 is 24.4 Å². The van der Waals surface area contributed by atoms with Crippen LogP contribution in [0.5, 0.6) is 0 Å². The molecule has 0 radical (unpaired) electrons. The molecule has 6 rings (SSSR count). The molecule has 3 aromatic rings. The highest BCUT2D eigenvalue weighted by Gasteiger charge is 2.73. The molecule has 10 heteroatoms. The summed E-state index contributed by atoms with van der Waals surface area (Å²) in [5.41, 5.74) is 1.62. The van der Waals surface area contributed by atoms with E-state index in [0.717, 1.165) is 52.2 Å². The van der Waals surface area contributed by atoms with Crippen molar-refractivity contribution >= 4 is 33.3 Å². The lowest BCUT2D eigenvalue weighted by Crippen LogP contribution is -2.43. The summed E-state index contributed by atoms with van der Waals surface area (Å²) in [5, 5.41) is 17.3. The van der Waals surface area contributed by atoms with Gasteiger partial charge >= 0.3 is 6.18 Å². The molecule has 4 unspecified atom stereocenters. The minimum Gasteiger partial charge on any atom is -0.392 e. The Labute approximate surface area is 199 Å². The molecule has 0 aliphatic heterocycles. The predicted molar refractivity (Wildman–Crippen MR) is 126 cm³/mol. The number of aliphatic hydroxyl groups excluding tert-OH is 1. The standard InChI is InChI=1S/C24H26F3N5OS/c1-22(10-9-13-18(33)23(13,22)2)32-19-16(20-29-14-5-3-4-6-15(14)34-20)17(12-7-8-12)30-21(31-19)28-11-24(25,26)27/h3-6,12-13,18,33H,7-11H2,1-2H3,(H2,28,30,31,32). The van der Waals surface area contributed by atoms with Gasteiger partial charge in [0.25, 0.3) is 0 Å². The van der Waals surface area contributed by atoms with E-state index in [1.54, 1.807) is 0 Å². The lowest BCUT2D eigenvalue weighted by molar-refractivity contribution is -0.115. The van der Waals surface area contributed by atoms with Crippen molar-refractivity contribution in [2.45, 2.75) is 63.3 Å². The average molecular weight is 490 g/mol. The van der Waals surface area contributed by atoms with Gasteiger partial charge in [0.05, 0.1) is 27.6 Å². The number of alkyl halides is 3. The molecular formula is C24H26F3N5OS. The fraction of sp³-hybridized carbons (Fsp3) is 0.542. The monoisotopic (exact) mass is 489 g/mol. The van der Waals surface area contributed by atoms with E-state index in [0.29, 0.717) is 5.82 Å². The van der Waals surface area contributed by atoms with Gasteiger partial charge in [0, 0.05) is 16.9 Å². The van der Waals surface area contributed by atoms with Crippen LogP contribution in [0.3, 0.4) is 0 Å². The van der Waals surface area contributed by atoms with Gasteiger partial charge in [0.2, 0.25) is 5.95 Å². The Balaban J connectivity index is 1.48. The zero-order valence-corrected chi connectivity index (χ0v) is 19.7. The van der Waals surface area contributed by atoms with Crippen LogP contribution in [0.1, 0.15) is 51.1 Å². The maximum Gasteiger partial charge on any atom is 0.405 e. The van der Waals surface area contributed by atoms with Gasteiger partial charge in [-0.15, -0.1) is 11.3 Å². The SMILES string of the molecule is CC1(Nc2nc(NCC(F)(F)F)nc(C3CC3)c2-c2nc3ccccc3s2)CCC2C(O)C21C. The van der Waals surface area contributed by atoms with E-state index in [4.69, 9.17) is 4.98 Å². The van der Waals surface area contributed by atoms with Gasteiger partial charge in [-0.3, -0.25) is 0 Å². The van der Waals surface area contributed by atoms with Crippen LogP contribution in [0.2, 0.25) is 0 Å². The maximum atomic E-state index is 12.9. The molecule has 3 aliphatic rings. The summed E-state index contributed by atoms with van der Waals surface area (Å²) in [6, 6.07) is 7.85. The van der Waals surface area contributed by atoms with Crippen molar-refractivity contribution in [1.29, 1.82) is 0 Å². The maximum absolute atomic E-state index is 12.9. The van der Waals surface area contributed by atoms with Crippen molar-refractivity contribution in [3.8, 4) is 10.6 Å². The van der Waals surface area contributed by atoms with E-state index in [9.17, 15) is 18.3 Å². The number of halogens is 3. The highest BCUT2D eigenvalue weighted by molar-refractivity contribution is 7.21. The first kappa shape index (κ1) is 22.0. The van der Waals surface area contributed by atoms with Gasteiger partial charge < -0.3 is 15.7 Å². The second kappa shape index (κ2) is 7.27. The minimum atomic E-state index is -4.38. The van der Waals surface area contributed by atoms with E-state index in [2.05, 4.69) is 34.4 Å². The topological polar surface area (TPSA) is 83.0 Å². The Kier molecular flexibility index (Phi) is 4.71. The third kappa shape index (κ3) is 3.45. The van der Waals surface area contributed by atoms with Crippen LogP contribution in [-0.4, -0.2) is 44.4 Å². The molecule has 4 atom stereocenters. The zero-order valence-electron chi connectivity index (χ0n) is 18.9. The lowest BCUT2D eigenvalue weighted by Gasteiger charge is -2.36. The number of aliphatic hydroxyl groups is 1. The summed E-state index contributed by atoms with van der Waals surface area (Å²) in [4.78, 5) is 14.0. The van der Waals surface area contributed by atoms with Gasteiger partial charge in [-0.25, -0.2) is 9.97 Å². The molecular weight excluding hydrogens is 463 g/mol. The molecule has 0 bridgehead atoms. The molecule has 1 aromatic carbocycles. The number of thiazole rings is 1. The minimum absolute atomic E-state index is 0.0359. The molecule has 0 spiro atoms. The zero-order chi connectivity index (χ0) is 23.9. The van der Waals surface area contributed by atoms with Crippen LogP contribution in [-0.2, 0) is 0 Å². The molecule has 2 aromatic heterocycles. The fourth-order valence-corrected chi connectivity index (χ4v) is 6.63. The summed E-state index contributed by atoms with van der Waals surface area (Å²) in [5.74, 6) is 0.849.